The number of benzene rings is 1. The Bertz CT molecular complexity index is 567. The zero-order valence-corrected chi connectivity index (χ0v) is 10.8. The number of halogens is 1. The van der Waals surface area contributed by atoms with Gasteiger partial charge in [-0.25, -0.2) is 0 Å². The van der Waals surface area contributed by atoms with Gasteiger partial charge >= 0.3 is 0 Å². The lowest BCUT2D eigenvalue weighted by Gasteiger charge is -2.08. The molecule has 1 aromatic carbocycles. The van der Waals surface area contributed by atoms with Gasteiger partial charge in [-0.05, 0) is 37.3 Å². The van der Waals surface area contributed by atoms with Gasteiger partial charge in [0.25, 0.3) is 0 Å². The number of aryl methyl sites for hydroxylation is 2. The van der Waals surface area contributed by atoms with E-state index in [1.165, 1.54) is 23.9 Å². The highest BCUT2D eigenvalue weighted by Crippen LogP contribution is 2.37. The number of nitrogens with zero attached hydrogens (tertiary/aromatic N) is 1. The minimum atomic E-state index is 0.140. The molecule has 2 N–H and O–H groups in total. The van der Waals surface area contributed by atoms with Crippen molar-refractivity contribution >= 4 is 22.5 Å². The van der Waals surface area contributed by atoms with Crippen LogP contribution in [0.3, 0.4) is 0 Å². The smallest absolute Gasteiger partial charge is 0.0661 e. The van der Waals surface area contributed by atoms with E-state index in [0.717, 1.165) is 23.3 Å². The summed E-state index contributed by atoms with van der Waals surface area (Å²) < 4.78 is 2.08. The van der Waals surface area contributed by atoms with Gasteiger partial charge in [0.15, 0.2) is 0 Å². The zero-order valence-electron chi connectivity index (χ0n) is 10.0. The molecule has 0 aliphatic heterocycles. The van der Waals surface area contributed by atoms with Crippen LogP contribution in [0.1, 0.15) is 24.8 Å². The van der Waals surface area contributed by atoms with E-state index in [2.05, 4.69) is 22.8 Å². The lowest BCUT2D eigenvalue weighted by Crippen LogP contribution is -2.22. The van der Waals surface area contributed by atoms with Gasteiger partial charge in [0, 0.05) is 29.7 Å². The highest BCUT2D eigenvalue weighted by atomic mass is 35.5. The summed E-state index contributed by atoms with van der Waals surface area (Å²) in [7, 11) is 2.03. The van der Waals surface area contributed by atoms with E-state index < -0.39 is 0 Å². The summed E-state index contributed by atoms with van der Waals surface area (Å²) in [6.07, 6.45) is 6.49. The van der Waals surface area contributed by atoms with E-state index >= 15 is 0 Å². The summed E-state index contributed by atoms with van der Waals surface area (Å²) in [5, 5.41) is 1.96. The molecule has 0 atom stereocenters. The molecule has 90 valence electrons. The maximum atomic E-state index is 6.15. The minimum Gasteiger partial charge on any atom is -0.349 e. The van der Waals surface area contributed by atoms with Crippen LogP contribution in [0.15, 0.2) is 24.4 Å². The van der Waals surface area contributed by atoms with Crippen molar-refractivity contribution in [1.29, 1.82) is 0 Å². The number of rotatable bonds is 3. The van der Waals surface area contributed by atoms with Crippen molar-refractivity contribution in [3.8, 4) is 0 Å². The molecular weight excluding hydrogens is 232 g/mol. The average molecular weight is 249 g/mol. The van der Waals surface area contributed by atoms with Crippen molar-refractivity contribution in [2.75, 3.05) is 0 Å². The predicted octanol–water partition coefficient (Wildman–Crippen LogP) is 3.26. The Kier molecular flexibility index (Phi) is 2.46. The van der Waals surface area contributed by atoms with Gasteiger partial charge < -0.3 is 10.3 Å². The van der Waals surface area contributed by atoms with Crippen molar-refractivity contribution in [3.63, 3.8) is 0 Å². The standard InChI is InChI=1S/C14H17ClN2/c1-17-9-12(15)11-3-2-10(8-13(11)17)4-5-14(16)6-7-14/h2-3,8-9H,4-7,16H2,1H3. The van der Waals surface area contributed by atoms with E-state index in [9.17, 15) is 0 Å². The number of hydrogen-bond acceptors (Lipinski definition) is 1. The van der Waals surface area contributed by atoms with Crippen molar-refractivity contribution in [3.05, 3.63) is 35.0 Å². The molecule has 1 aliphatic carbocycles. The van der Waals surface area contributed by atoms with Gasteiger partial charge in [-0.1, -0.05) is 23.7 Å². The second kappa shape index (κ2) is 3.76. The molecule has 3 rings (SSSR count). The molecule has 0 bridgehead atoms. The van der Waals surface area contributed by atoms with Crippen LogP contribution in [0, 0.1) is 0 Å². The highest BCUT2D eigenvalue weighted by Gasteiger charge is 2.37. The molecule has 2 nitrogen and oxygen atoms in total. The summed E-state index contributed by atoms with van der Waals surface area (Å²) in [6.45, 7) is 0. The molecular formula is C14H17ClN2. The van der Waals surface area contributed by atoms with Gasteiger partial charge in [-0.3, -0.25) is 0 Å². The first kappa shape index (κ1) is 11.1. The highest BCUT2D eigenvalue weighted by molar-refractivity contribution is 6.35. The van der Waals surface area contributed by atoms with Crippen LogP contribution in [0.2, 0.25) is 5.02 Å². The molecule has 1 aromatic heterocycles. The van der Waals surface area contributed by atoms with E-state index in [1.807, 2.05) is 13.2 Å². The molecule has 0 saturated heterocycles. The molecule has 1 fully saturated rings. The van der Waals surface area contributed by atoms with Crippen molar-refractivity contribution in [1.82, 2.24) is 4.57 Å². The lowest BCUT2D eigenvalue weighted by atomic mass is 10.0. The van der Waals surface area contributed by atoms with E-state index in [1.54, 1.807) is 0 Å². The Morgan fingerprint density at radius 2 is 2.18 bits per heavy atom. The molecule has 3 heteroatoms. The number of fused-ring (bicyclic) bond motifs is 1. The van der Waals surface area contributed by atoms with E-state index in [-0.39, 0.29) is 5.54 Å². The Hall–Kier alpha value is -0.990. The van der Waals surface area contributed by atoms with Crippen molar-refractivity contribution < 1.29 is 0 Å². The fourth-order valence-electron chi connectivity index (χ4n) is 2.34. The van der Waals surface area contributed by atoms with Crippen molar-refractivity contribution in [2.24, 2.45) is 12.8 Å². The van der Waals surface area contributed by atoms with Crippen LogP contribution in [0.5, 0.6) is 0 Å². The van der Waals surface area contributed by atoms with Crippen LogP contribution in [0.4, 0.5) is 0 Å². The van der Waals surface area contributed by atoms with Gasteiger partial charge in [0.05, 0.1) is 5.02 Å². The predicted molar refractivity (Wildman–Crippen MR) is 72.4 cm³/mol. The van der Waals surface area contributed by atoms with E-state index in [0.29, 0.717) is 0 Å². The molecule has 0 unspecified atom stereocenters. The fraction of sp³-hybridized carbons (Fsp3) is 0.429. The maximum absolute atomic E-state index is 6.15. The molecule has 0 amide bonds. The summed E-state index contributed by atoms with van der Waals surface area (Å²) in [5.74, 6) is 0. The SMILES string of the molecule is Cn1cc(Cl)c2ccc(CCC3(N)CC3)cc21. The molecule has 0 radical (unpaired) electrons. The summed E-state index contributed by atoms with van der Waals surface area (Å²) in [4.78, 5) is 0. The van der Waals surface area contributed by atoms with Gasteiger partial charge in [-0.15, -0.1) is 0 Å². The maximum Gasteiger partial charge on any atom is 0.0661 e. The van der Waals surface area contributed by atoms with E-state index in [4.69, 9.17) is 17.3 Å². The topological polar surface area (TPSA) is 30.9 Å². The van der Waals surface area contributed by atoms with Crippen LogP contribution in [0.25, 0.3) is 10.9 Å². The molecule has 2 aromatic rings. The Labute approximate surface area is 106 Å². The first-order valence-corrected chi connectivity index (χ1v) is 6.48. The Morgan fingerprint density at radius 1 is 1.41 bits per heavy atom. The molecule has 17 heavy (non-hydrogen) atoms. The fourth-order valence-corrected chi connectivity index (χ4v) is 2.65. The first-order valence-electron chi connectivity index (χ1n) is 6.10. The third kappa shape index (κ3) is 2.07. The summed E-state index contributed by atoms with van der Waals surface area (Å²) in [5.41, 5.74) is 8.81. The lowest BCUT2D eigenvalue weighted by molar-refractivity contribution is 0.609. The van der Waals surface area contributed by atoms with Gasteiger partial charge in [-0.2, -0.15) is 0 Å². The molecule has 0 spiro atoms. The van der Waals surface area contributed by atoms with Crippen LogP contribution < -0.4 is 5.73 Å². The molecule has 1 aliphatic rings. The van der Waals surface area contributed by atoms with Crippen molar-refractivity contribution in [2.45, 2.75) is 31.2 Å². The minimum absolute atomic E-state index is 0.140. The first-order chi connectivity index (χ1) is 8.07. The number of hydrogen-bond donors (Lipinski definition) is 1. The quantitative estimate of drug-likeness (QED) is 0.888. The molecule has 1 heterocycles. The third-order valence-corrected chi connectivity index (χ3v) is 4.11. The average Bonchev–Trinajstić information content (AvgIpc) is 2.98. The third-order valence-electron chi connectivity index (χ3n) is 3.81. The number of aromatic nitrogens is 1. The second-order valence-electron chi connectivity index (χ2n) is 5.30. The normalized spacial score (nSPS) is 17.6. The Balaban J connectivity index is 1.88. The van der Waals surface area contributed by atoms with Crippen LogP contribution in [-0.2, 0) is 13.5 Å². The van der Waals surface area contributed by atoms with Gasteiger partial charge in [0.1, 0.15) is 0 Å². The Morgan fingerprint density at radius 3 is 2.88 bits per heavy atom. The zero-order chi connectivity index (χ0) is 12.0. The summed E-state index contributed by atoms with van der Waals surface area (Å²) >= 11 is 6.15. The number of nitrogens with two attached hydrogens (primary N) is 1. The van der Waals surface area contributed by atoms with Gasteiger partial charge in [0.2, 0.25) is 0 Å². The molecule has 1 saturated carbocycles. The monoisotopic (exact) mass is 248 g/mol. The summed E-state index contributed by atoms with van der Waals surface area (Å²) in [6, 6.07) is 6.51. The largest absolute Gasteiger partial charge is 0.349 e. The second-order valence-corrected chi connectivity index (χ2v) is 5.71. The van der Waals surface area contributed by atoms with Crippen LogP contribution >= 0.6 is 11.6 Å². The van der Waals surface area contributed by atoms with Crippen LogP contribution in [-0.4, -0.2) is 10.1 Å².